The molecule has 0 aromatic rings. The van der Waals surface area contributed by atoms with Crippen molar-refractivity contribution < 1.29 is 46.6 Å². The minimum absolute atomic E-state index is 0. The Morgan fingerprint density at radius 2 is 0.909 bits per heavy atom. The number of hydrogen-bond acceptors (Lipinski definition) is 3. The summed E-state index contributed by atoms with van der Waals surface area (Å²) in [5, 5.41) is 0. The summed E-state index contributed by atoms with van der Waals surface area (Å²) in [6.45, 7) is 0. The van der Waals surface area contributed by atoms with E-state index in [-0.39, 0.29) is 65.1 Å². The topological polar surface area (TPSA) is 241 Å². The second-order valence-electron chi connectivity index (χ2n) is 0.469. The Hall–Kier alpha value is 1.17. The summed E-state index contributed by atoms with van der Waals surface area (Å²) in [7, 11) is -5.14. The summed E-state index contributed by atoms with van der Waals surface area (Å²) >= 11 is 0. The summed E-state index contributed by atoms with van der Waals surface area (Å²) in [6.07, 6.45) is 0. The Kier molecular flexibility index (Phi) is 116. The first-order valence-electron chi connectivity index (χ1n) is 0.748. The molecule has 0 atom stereocenters. The molecule has 0 unspecified atom stereocenters. The zero-order chi connectivity index (χ0) is 4.50. The van der Waals surface area contributed by atoms with Gasteiger partial charge in [-0.15, -0.1) is 0 Å². The molecule has 0 aliphatic heterocycles. The molecule has 11 N–H and O–H groups in total. The van der Waals surface area contributed by atoms with Crippen LogP contribution in [0.1, 0.15) is 0 Å². The van der Waals surface area contributed by atoms with Crippen LogP contribution in [0, 0.1) is 0 Å². The van der Waals surface area contributed by atoms with Gasteiger partial charge in [-0.1, -0.05) is 0 Å². The normalized spacial score (nSPS) is 5.36. The Bertz CT molecular complexity index is 55.7. The van der Waals surface area contributed by atoms with Gasteiger partial charge in [0, 0.05) is 0 Å². The molecular formula is H11CaO9P. The predicted molar refractivity (Wildman–Crippen MR) is 33.6 cm³/mol. The van der Waals surface area contributed by atoms with E-state index in [0.29, 0.717) is 0 Å². The van der Waals surface area contributed by atoms with Gasteiger partial charge in [0.25, 0.3) is 0 Å². The molecule has 0 amide bonds. The van der Waals surface area contributed by atoms with Gasteiger partial charge in [0.1, 0.15) is 0 Å². The maximum absolute atomic E-state index is 8.66. The Balaban J connectivity index is -0.00000000533. The van der Waals surface area contributed by atoms with Crippen molar-refractivity contribution in [2.24, 2.45) is 0 Å². The van der Waals surface area contributed by atoms with Crippen LogP contribution in [-0.2, 0) is 4.57 Å². The molecule has 0 rings (SSSR count). The van der Waals surface area contributed by atoms with Crippen molar-refractivity contribution in [3.05, 3.63) is 0 Å². The first kappa shape index (κ1) is 56.8. The molecule has 72 valence electrons. The van der Waals surface area contributed by atoms with E-state index in [1.807, 2.05) is 0 Å². The first-order valence-corrected chi connectivity index (χ1v) is 2.24. The van der Waals surface area contributed by atoms with Crippen molar-refractivity contribution in [2.75, 3.05) is 0 Å². The van der Waals surface area contributed by atoms with Gasteiger partial charge >= 0.3 is 37.7 Å². The fourth-order valence-corrected chi connectivity index (χ4v) is 0. The van der Waals surface area contributed by atoms with Gasteiger partial charge in [-0.2, -0.15) is 0 Å². The van der Waals surface area contributed by atoms with Crippen LogP contribution in [0.4, 0.5) is 0 Å². The van der Waals surface area contributed by atoms with Crippen LogP contribution in [-0.4, -0.2) is 70.0 Å². The summed E-state index contributed by atoms with van der Waals surface area (Å²) in [6, 6.07) is 0. The van der Waals surface area contributed by atoms with Crippen LogP contribution in [0.15, 0.2) is 0 Å². The fourth-order valence-electron chi connectivity index (χ4n) is 0. The van der Waals surface area contributed by atoms with Gasteiger partial charge in [0.2, 0.25) is 0 Å². The van der Waals surface area contributed by atoms with Crippen LogP contribution in [0.3, 0.4) is 0 Å². The summed E-state index contributed by atoms with van der Waals surface area (Å²) in [5.41, 5.74) is 0. The van der Waals surface area contributed by atoms with Gasteiger partial charge in [-0.25, -0.2) is 0 Å². The molecule has 11 heavy (non-hydrogen) atoms. The van der Waals surface area contributed by atoms with Gasteiger partial charge < -0.3 is 46.6 Å². The van der Waals surface area contributed by atoms with Crippen molar-refractivity contribution in [2.45, 2.75) is 0 Å². The molecule has 9 nitrogen and oxygen atoms in total. The van der Waals surface area contributed by atoms with E-state index in [9.17, 15) is 0 Å². The number of hydrogen-bond donors (Lipinski definition) is 1. The third-order valence-electron chi connectivity index (χ3n) is 0. The van der Waals surface area contributed by atoms with E-state index in [1.54, 1.807) is 0 Å². The Labute approximate surface area is 91.8 Å². The molecule has 0 saturated heterocycles. The van der Waals surface area contributed by atoms with E-state index in [1.165, 1.54) is 0 Å². The van der Waals surface area contributed by atoms with Crippen LogP contribution in [0.5, 0.6) is 0 Å². The number of rotatable bonds is 0. The molecule has 0 aromatic heterocycles. The second kappa shape index (κ2) is 22.5. The maximum atomic E-state index is 8.66. The summed E-state index contributed by atoms with van der Waals surface area (Å²) in [4.78, 5) is 24.3. The smallest absolute Gasteiger partial charge is 0.790 e. The van der Waals surface area contributed by atoms with Crippen LogP contribution >= 0.6 is 7.82 Å². The standard InChI is InChI=1S/Ca.H3O4P.5H2O/c;1-5(2,3)4;;;;;/h;(H3,1,2,3,4);5*1H2/q+2;;;;;;/p-2. The summed E-state index contributed by atoms with van der Waals surface area (Å²) in [5.74, 6) is 0. The largest absolute Gasteiger partial charge is 2.00 e. The molecule has 11 heteroatoms. The Morgan fingerprint density at radius 1 is 0.909 bits per heavy atom. The molecule has 0 aliphatic rings. The molecule has 0 fully saturated rings. The van der Waals surface area contributed by atoms with E-state index in [4.69, 9.17) is 19.2 Å². The van der Waals surface area contributed by atoms with Gasteiger partial charge in [-0.3, -0.25) is 0 Å². The van der Waals surface area contributed by atoms with E-state index >= 15 is 0 Å². The van der Waals surface area contributed by atoms with Crippen molar-refractivity contribution in [3.63, 3.8) is 0 Å². The van der Waals surface area contributed by atoms with Crippen molar-refractivity contribution >= 4 is 45.6 Å². The third kappa shape index (κ3) is 686. The van der Waals surface area contributed by atoms with E-state index < -0.39 is 7.82 Å². The average Bonchev–Trinajstić information content (AvgIpc) is 0.722. The van der Waals surface area contributed by atoms with Crippen molar-refractivity contribution in [1.82, 2.24) is 0 Å². The zero-order valence-corrected chi connectivity index (χ0v) is 8.43. The van der Waals surface area contributed by atoms with Crippen LogP contribution in [0.2, 0.25) is 0 Å². The molecule has 0 saturated carbocycles. The fraction of sp³-hybridized carbons (Fsp3) is 0. The second-order valence-corrected chi connectivity index (χ2v) is 1.41. The molecular weight excluding hydrogens is 215 g/mol. The van der Waals surface area contributed by atoms with Crippen LogP contribution in [0.25, 0.3) is 0 Å². The molecule has 0 aliphatic carbocycles. The molecule has 0 aromatic carbocycles. The Morgan fingerprint density at radius 3 is 0.909 bits per heavy atom. The van der Waals surface area contributed by atoms with E-state index in [0.717, 1.165) is 0 Å². The monoisotopic (exact) mass is 226 g/mol. The van der Waals surface area contributed by atoms with E-state index in [2.05, 4.69) is 0 Å². The van der Waals surface area contributed by atoms with Crippen molar-refractivity contribution in [1.29, 1.82) is 0 Å². The molecule has 0 bridgehead atoms. The molecule has 0 spiro atoms. The zero-order valence-electron chi connectivity index (χ0n) is 5.33. The van der Waals surface area contributed by atoms with Gasteiger partial charge in [-0.05, 0) is 0 Å². The van der Waals surface area contributed by atoms with Crippen LogP contribution < -0.4 is 9.79 Å². The van der Waals surface area contributed by atoms with Gasteiger partial charge in [0.15, 0.2) is 0 Å². The minimum Gasteiger partial charge on any atom is -0.790 e. The summed E-state index contributed by atoms with van der Waals surface area (Å²) < 4.78 is 8.66. The quantitative estimate of drug-likeness (QED) is 0.312. The molecule has 0 radical (unpaired) electrons. The number of phosphoric acid groups is 1. The predicted octanol–water partition coefficient (Wildman–Crippen LogP) is -6.70. The first-order chi connectivity index (χ1) is 2.00. The van der Waals surface area contributed by atoms with Crippen molar-refractivity contribution in [3.8, 4) is 0 Å². The molecule has 0 heterocycles. The minimum atomic E-state index is -5.14. The SMILES string of the molecule is O.O.O.O.O.O=P([O-])([O-])O.[Ca+2]. The average molecular weight is 226 g/mol. The third-order valence-corrected chi connectivity index (χ3v) is 0. The maximum Gasteiger partial charge on any atom is 2.00 e. The van der Waals surface area contributed by atoms with Gasteiger partial charge in [0.05, 0.1) is 7.82 Å².